The largest absolute Gasteiger partial charge is 0.493 e. The molecule has 2 aliphatic rings. The fourth-order valence-corrected chi connectivity index (χ4v) is 4.91. The third kappa shape index (κ3) is 5.57. The molecule has 3 heterocycles. The number of amides is 2. The van der Waals surface area contributed by atoms with Gasteiger partial charge >= 0.3 is 0 Å². The predicted molar refractivity (Wildman–Crippen MR) is 141 cm³/mol. The maximum atomic E-state index is 13.2. The van der Waals surface area contributed by atoms with Gasteiger partial charge in [-0.15, -0.1) is 0 Å². The molecule has 198 valence electrons. The Labute approximate surface area is 220 Å². The zero-order valence-corrected chi connectivity index (χ0v) is 21.5. The third-order valence-electron chi connectivity index (χ3n) is 7.00. The molecule has 2 amide bonds. The van der Waals surface area contributed by atoms with E-state index in [0.717, 1.165) is 11.1 Å². The van der Waals surface area contributed by atoms with E-state index in [9.17, 15) is 14.4 Å². The van der Waals surface area contributed by atoms with E-state index in [2.05, 4.69) is 5.32 Å². The minimum absolute atomic E-state index is 0.116. The molecular weight excluding hydrogens is 486 g/mol. The fraction of sp³-hybridized carbons (Fsp3) is 0.345. The lowest BCUT2D eigenvalue weighted by Gasteiger charge is -2.38. The summed E-state index contributed by atoms with van der Waals surface area (Å²) in [5, 5.41) is 3.09. The Morgan fingerprint density at radius 2 is 1.92 bits per heavy atom. The van der Waals surface area contributed by atoms with Crippen LogP contribution in [0.2, 0.25) is 0 Å². The maximum Gasteiger partial charge on any atom is 0.263 e. The summed E-state index contributed by atoms with van der Waals surface area (Å²) < 4.78 is 19.3. The van der Waals surface area contributed by atoms with Crippen LogP contribution in [0.4, 0.5) is 0 Å². The van der Waals surface area contributed by atoms with Gasteiger partial charge in [-0.05, 0) is 60.4 Å². The van der Waals surface area contributed by atoms with Gasteiger partial charge in [0.15, 0.2) is 11.5 Å². The lowest BCUT2D eigenvalue weighted by Crippen LogP contribution is -2.57. The first-order chi connectivity index (χ1) is 18.4. The second-order valence-corrected chi connectivity index (χ2v) is 9.64. The van der Waals surface area contributed by atoms with Crippen molar-refractivity contribution in [2.45, 2.75) is 38.0 Å². The number of rotatable bonds is 2. The van der Waals surface area contributed by atoms with Crippen molar-refractivity contribution in [3.8, 4) is 17.2 Å². The highest BCUT2D eigenvalue weighted by atomic mass is 16.5. The SMILES string of the molecule is COc1ccc2cc1Oc1cccc(c1)CO[C@@H]1CCN(C(=O)c3cccn(C)c3=O)C[C@@H]1NC(=O)CC2. The quantitative estimate of drug-likeness (QED) is 0.561. The molecular formula is C29H31N3O6. The Morgan fingerprint density at radius 3 is 2.76 bits per heavy atom. The van der Waals surface area contributed by atoms with Crippen molar-refractivity contribution < 1.29 is 23.8 Å². The Balaban J connectivity index is 1.40. The van der Waals surface area contributed by atoms with Gasteiger partial charge < -0.3 is 29.0 Å². The molecule has 5 rings (SSSR count). The lowest BCUT2D eigenvalue weighted by atomic mass is 10.00. The number of hydrogen-bond acceptors (Lipinski definition) is 6. The topological polar surface area (TPSA) is 99.1 Å². The monoisotopic (exact) mass is 517 g/mol. The molecule has 3 aromatic rings. The maximum absolute atomic E-state index is 13.2. The van der Waals surface area contributed by atoms with Gasteiger partial charge in [-0.2, -0.15) is 0 Å². The molecule has 2 atom stereocenters. The van der Waals surface area contributed by atoms with Crippen molar-refractivity contribution in [3.63, 3.8) is 0 Å². The Bertz CT molecular complexity index is 1400. The van der Waals surface area contributed by atoms with Crippen molar-refractivity contribution in [1.29, 1.82) is 0 Å². The van der Waals surface area contributed by atoms with Gasteiger partial charge in [0.1, 0.15) is 11.3 Å². The first kappa shape index (κ1) is 25.5. The number of aryl methyl sites for hydroxylation is 2. The van der Waals surface area contributed by atoms with Gasteiger partial charge in [0.2, 0.25) is 5.91 Å². The number of fused-ring (bicyclic) bond motifs is 5. The van der Waals surface area contributed by atoms with Crippen LogP contribution in [-0.2, 0) is 29.6 Å². The van der Waals surface area contributed by atoms with Crippen LogP contribution in [0.3, 0.4) is 0 Å². The highest BCUT2D eigenvalue weighted by Gasteiger charge is 2.34. The molecule has 38 heavy (non-hydrogen) atoms. The first-order valence-corrected chi connectivity index (χ1v) is 12.7. The molecule has 1 saturated heterocycles. The molecule has 4 bridgehead atoms. The van der Waals surface area contributed by atoms with E-state index < -0.39 is 6.04 Å². The van der Waals surface area contributed by atoms with E-state index in [-0.39, 0.29) is 42.0 Å². The molecule has 2 aliphatic heterocycles. The standard InChI is InChI=1S/C29H31N3O6/c1-31-13-4-7-22(28(31)34)29(35)32-14-12-24-23(17-32)30-27(33)11-9-19-8-10-25(36-2)26(16-19)38-21-6-3-5-20(15-21)18-37-24/h3-8,10,13,15-16,23-24H,9,11-12,14,17-18H2,1-2H3,(H,30,33)/t23-,24+/m0/s1. The number of carbonyl (C=O) groups is 2. The summed E-state index contributed by atoms with van der Waals surface area (Å²) in [7, 11) is 3.21. The van der Waals surface area contributed by atoms with Gasteiger partial charge in [-0.25, -0.2) is 0 Å². The average molecular weight is 518 g/mol. The summed E-state index contributed by atoms with van der Waals surface area (Å²) in [5.41, 5.74) is 1.63. The van der Waals surface area contributed by atoms with Crippen molar-refractivity contribution in [2.75, 3.05) is 20.2 Å². The summed E-state index contributed by atoms with van der Waals surface area (Å²) in [6.45, 7) is 0.990. The van der Waals surface area contributed by atoms with Crippen molar-refractivity contribution in [3.05, 3.63) is 87.8 Å². The molecule has 1 fully saturated rings. The number of methoxy groups -OCH3 is 1. The number of hydrogen-bond donors (Lipinski definition) is 1. The van der Waals surface area contributed by atoms with Crippen LogP contribution in [-0.4, -0.2) is 53.6 Å². The number of nitrogens with one attached hydrogen (secondary N) is 1. The van der Waals surface area contributed by atoms with E-state index in [0.29, 0.717) is 43.2 Å². The lowest BCUT2D eigenvalue weighted by molar-refractivity contribution is -0.124. The van der Waals surface area contributed by atoms with Crippen LogP contribution in [0.1, 0.15) is 34.3 Å². The number of ether oxygens (including phenoxy) is 3. The second-order valence-electron chi connectivity index (χ2n) is 9.64. The van der Waals surface area contributed by atoms with Crippen LogP contribution in [0, 0.1) is 0 Å². The van der Waals surface area contributed by atoms with Crippen LogP contribution in [0.15, 0.2) is 65.6 Å². The zero-order chi connectivity index (χ0) is 26.6. The smallest absolute Gasteiger partial charge is 0.263 e. The van der Waals surface area contributed by atoms with Crippen LogP contribution >= 0.6 is 0 Å². The van der Waals surface area contributed by atoms with Crippen molar-refractivity contribution in [1.82, 2.24) is 14.8 Å². The Kier molecular flexibility index (Phi) is 7.46. The summed E-state index contributed by atoms with van der Waals surface area (Å²) in [6, 6.07) is 16.1. The number of nitrogens with zero attached hydrogens (tertiary/aromatic N) is 2. The van der Waals surface area contributed by atoms with E-state index in [1.807, 2.05) is 42.5 Å². The second kappa shape index (κ2) is 11.1. The van der Waals surface area contributed by atoms with Crippen molar-refractivity contribution in [2.24, 2.45) is 7.05 Å². The number of piperidine rings is 1. The minimum Gasteiger partial charge on any atom is -0.493 e. The van der Waals surface area contributed by atoms with Crippen LogP contribution < -0.4 is 20.3 Å². The van der Waals surface area contributed by atoms with E-state index in [1.54, 1.807) is 37.4 Å². The van der Waals surface area contributed by atoms with Crippen LogP contribution in [0.25, 0.3) is 0 Å². The molecule has 0 unspecified atom stereocenters. The predicted octanol–water partition coefficient (Wildman–Crippen LogP) is 3.05. The number of benzene rings is 2. The molecule has 2 aromatic carbocycles. The molecule has 0 radical (unpaired) electrons. The molecule has 9 nitrogen and oxygen atoms in total. The highest BCUT2D eigenvalue weighted by molar-refractivity contribution is 5.94. The fourth-order valence-electron chi connectivity index (χ4n) is 4.91. The average Bonchev–Trinajstić information content (AvgIpc) is 2.92. The number of pyridine rings is 1. The van der Waals surface area contributed by atoms with Crippen LogP contribution in [0.5, 0.6) is 17.2 Å². The first-order valence-electron chi connectivity index (χ1n) is 12.7. The third-order valence-corrected chi connectivity index (χ3v) is 7.00. The minimum atomic E-state index is -0.413. The molecule has 1 N–H and O–H groups in total. The summed E-state index contributed by atoms with van der Waals surface area (Å²) in [5.74, 6) is 1.36. The molecule has 0 spiro atoms. The summed E-state index contributed by atoms with van der Waals surface area (Å²) in [6.07, 6.45) is 2.61. The molecule has 0 saturated carbocycles. The Hall–Kier alpha value is -4.11. The van der Waals surface area contributed by atoms with E-state index in [1.165, 1.54) is 4.57 Å². The molecule has 0 aliphatic carbocycles. The van der Waals surface area contributed by atoms with Gasteiger partial charge in [-0.1, -0.05) is 18.2 Å². The van der Waals surface area contributed by atoms with Gasteiger partial charge in [0.25, 0.3) is 11.5 Å². The van der Waals surface area contributed by atoms with Gasteiger partial charge in [0, 0.05) is 32.8 Å². The molecule has 9 heteroatoms. The number of likely N-dealkylation sites (tertiary alicyclic amines) is 1. The highest BCUT2D eigenvalue weighted by Crippen LogP contribution is 2.33. The van der Waals surface area contributed by atoms with Gasteiger partial charge in [-0.3, -0.25) is 14.4 Å². The normalized spacial score (nSPS) is 19.7. The summed E-state index contributed by atoms with van der Waals surface area (Å²) >= 11 is 0. The van der Waals surface area contributed by atoms with Gasteiger partial charge in [0.05, 0.1) is 25.9 Å². The summed E-state index contributed by atoms with van der Waals surface area (Å²) in [4.78, 5) is 40.4. The number of carbonyl (C=O) groups excluding carboxylic acids is 2. The van der Waals surface area contributed by atoms with E-state index in [4.69, 9.17) is 14.2 Å². The van der Waals surface area contributed by atoms with E-state index >= 15 is 0 Å². The van der Waals surface area contributed by atoms with Crippen molar-refractivity contribution >= 4 is 11.8 Å². The Morgan fingerprint density at radius 1 is 1.05 bits per heavy atom. The molecule has 1 aromatic heterocycles. The zero-order valence-electron chi connectivity index (χ0n) is 21.5. The number of aromatic nitrogens is 1.